The van der Waals surface area contributed by atoms with Gasteiger partial charge < -0.3 is 4.90 Å². The number of likely N-dealkylation sites (tertiary alicyclic amines) is 2. The predicted molar refractivity (Wildman–Crippen MR) is 379 cm³/mol. The molecule has 3 amide bonds. The van der Waals surface area contributed by atoms with Crippen LogP contribution in [0.4, 0.5) is 68.5 Å². The molecule has 8 rings (SSSR count). The molecule has 0 bridgehead atoms. The van der Waals surface area contributed by atoms with E-state index in [1.807, 2.05) is 57.7 Å². The second kappa shape index (κ2) is 51.3. The van der Waals surface area contributed by atoms with Crippen LogP contribution in [0.5, 0.6) is 0 Å². The van der Waals surface area contributed by atoms with Crippen LogP contribution in [0.2, 0.25) is 25.1 Å². The molecule has 6 aromatic rings. The monoisotopic (exact) mass is 1560 g/mol. The van der Waals surface area contributed by atoms with E-state index < -0.39 is 71.7 Å². The highest BCUT2D eigenvalue weighted by atomic mass is 35.5. The molecule has 2 fully saturated rings. The first-order valence-electron chi connectivity index (χ1n) is 29.6. The quantitative estimate of drug-likeness (QED) is 0.0301. The first-order valence-corrected chi connectivity index (χ1v) is 31.5. The number of carbonyl (C=O) groups excluding carboxylic acids is 3. The summed E-state index contributed by atoms with van der Waals surface area (Å²) < 4.78 is 155. The van der Waals surface area contributed by atoms with Gasteiger partial charge in [0.25, 0.3) is 16.9 Å². The van der Waals surface area contributed by atoms with Crippen LogP contribution in [0, 0.1) is 56.3 Å². The topological polar surface area (TPSA) is 192 Å². The molecule has 15 nitrogen and oxygen atoms in total. The Hall–Kier alpha value is -6.88. The van der Waals surface area contributed by atoms with Crippen molar-refractivity contribution in [2.45, 2.75) is 202 Å². The van der Waals surface area contributed by atoms with Gasteiger partial charge in [-0.05, 0) is 101 Å². The average Bonchev–Trinajstić information content (AvgIpc) is 1.30. The summed E-state index contributed by atoms with van der Waals surface area (Å²) in [4.78, 5) is 66.7. The van der Waals surface area contributed by atoms with Crippen molar-refractivity contribution in [3.63, 3.8) is 0 Å². The van der Waals surface area contributed by atoms with Crippen molar-refractivity contribution in [3.05, 3.63) is 180 Å². The van der Waals surface area contributed by atoms with E-state index in [1.165, 1.54) is 41.6 Å². The zero-order valence-electron chi connectivity index (χ0n) is 53.8. The number of nitro groups is 2. The number of nitrogens with zero attached hydrogens (tertiary/aromatic N) is 7. The van der Waals surface area contributed by atoms with E-state index in [0.717, 1.165) is 69.3 Å². The molecule has 5 aromatic carbocycles. The van der Waals surface area contributed by atoms with Gasteiger partial charge in [0.1, 0.15) is 17.3 Å². The van der Waals surface area contributed by atoms with Crippen LogP contribution in [0.1, 0.15) is 172 Å². The van der Waals surface area contributed by atoms with Crippen LogP contribution >= 0.6 is 58.0 Å². The first-order chi connectivity index (χ1) is 44.7. The van der Waals surface area contributed by atoms with Crippen molar-refractivity contribution in [3.8, 4) is 0 Å². The first kappa shape index (κ1) is 105. The smallest absolute Gasteiger partial charge is 0.343 e. The minimum Gasteiger partial charge on any atom is -0.343 e. The van der Waals surface area contributed by atoms with Gasteiger partial charge in [-0.15, -0.1) is 5.10 Å². The van der Waals surface area contributed by atoms with Gasteiger partial charge in [-0.2, -0.15) is 39.5 Å². The molecule has 574 valence electrons. The van der Waals surface area contributed by atoms with E-state index in [0.29, 0.717) is 59.2 Å². The molecule has 0 aliphatic carbocycles. The van der Waals surface area contributed by atoms with E-state index in [1.54, 1.807) is 43.3 Å². The maximum atomic E-state index is 13.1. The largest absolute Gasteiger partial charge is 0.400 e. The van der Waals surface area contributed by atoms with Crippen LogP contribution in [0.3, 0.4) is 0 Å². The van der Waals surface area contributed by atoms with Gasteiger partial charge in [0.15, 0.2) is 17.5 Å². The lowest BCUT2D eigenvalue weighted by atomic mass is 10.1. The maximum Gasteiger partial charge on any atom is 0.400 e. The number of hydrogen-bond donors (Lipinski definition) is 0. The summed E-state index contributed by atoms with van der Waals surface area (Å²) >= 11 is 29.3. The highest BCUT2D eigenvalue weighted by Gasteiger charge is 2.55. The summed E-state index contributed by atoms with van der Waals surface area (Å²) in [7, 11) is 0. The second-order valence-corrected chi connectivity index (χ2v) is 21.8. The van der Waals surface area contributed by atoms with E-state index in [9.17, 15) is 96.5 Å². The lowest BCUT2D eigenvalue weighted by Crippen LogP contribution is -2.35. The van der Waals surface area contributed by atoms with E-state index in [-0.39, 0.29) is 104 Å². The number of aromatic nitrogens is 3. The molecular formula is C68H93Cl5F13N7O8. The third kappa shape index (κ3) is 35.2. The number of aryl methyl sites for hydroxylation is 3. The van der Waals surface area contributed by atoms with Crippen molar-refractivity contribution >= 4 is 98.0 Å². The van der Waals surface area contributed by atoms with Crippen molar-refractivity contribution < 1.29 is 81.3 Å². The number of hydrogen-bond acceptors (Lipinski definition) is 10. The molecule has 0 atom stereocenters. The zero-order valence-corrected chi connectivity index (χ0v) is 57.6. The Balaban J connectivity index is -0.000000251. The molecule has 1 aromatic heterocycles. The molecule has 33 heteroatoms. The Morgan fingerprint density at radius 1 is 0.525 bits per heavy atom. The highest BCUT2D eigenvalue weighted by molar-refractivity contribution is 6.55. The summed E-state index contributed by atoms with van der Waals surface area (Å²) in [6.45, 7) is 19.4. The number of rotatable bonds is 11. The molecule has 0 N–H and O–H groups in total. The van der Waals surface area contributed by atoms with Crippen molar-refractivity contribution in [2.75, 3.05) is 19.6 Å². The average molecular weight is 1560 g/mol. The van der Waals surface area contributed by atoms with Crippen molar-refractivity contribution in [2.24, 2.45) is 5.92 Å². The molecule has 101 heavy (non-hydrogen) atoms. The van der Waals surface area contributed by atoms with Crippen LogP contribution < -0.4 is 5.56 Å². The number of amides is 3. The van der Waals surface area contributed by atoms with Gasteiger partial charge in [-0.1, -0.05) is 178 Å². The Morgan fingerprint density at radius 3 is 1.34 bits per heavy atom. The number of benzene rings is 5. The molecular weight excluding hydrogens is 1470 g/mol. The summed E-state index contributed by atoms with van der Waals surface area (Å²) in [5, 5.41) is 30.3. The van der Waals surface area contributed by atoms with Crippen LogP contribution in [0.25, 0.3) is 10.9 Å². The van der Waals surface area contributed by atoms with E-state index >= 15 is 0 Å². The zero-order chi connectivity index (χ0) is 74.2. The Kier molecular flexibility index (Phi) is 53.4. The van der Waals surface area contributed by atoms with Gasteiger partial charge in [0.05, 0.1) is 40.3 Å². The third-order valence-corrected chi connectivity index (χ3v) is 15.7. The molecule has 2 saturated heterocycles. The van der Waals surface area contributed by atoms with Crippen LogP contribution in [-0.4, -0.2) is 90.5 Å². The summed E-state index contributed by atoms with van der Waals surface area (Å²) in [5.74, 6) is -8.39. The fourth-order valence-corrected chi connectivity index (χ4v) is 9.45. The van der Waals surface area contributed by atoms with Gasteiger partial charge in [0, 0.05) is 87.3 Å². The van der Waals surface area contributed by atoms with Crippen molar-refractivity contribution in [1.29, 1.82) is 0 Å². The normalized spacial score (nSPS) is 11.9. The highest BCUT2D eigenvalue weighted by Crippen LogP contribution is 2.44. The van der Waals surface area contributed by atoms with Crippen LogP contribution in [-0.2, 0) is 46.6 Å². The van der Waals surface area contributed by atoms with Crippen molar-refractivity contribution in [1.82, 2.24) is 24.8 Å². The number of alkyl halides is 9. The van der Waals surface area contributed by atoms with E-state index in [2.05, 4.69) is 10.3 Å². The van der Waals surface area contributed by atoms with Gasteiger partial charge in [-0.3, -0.25) is 44.3 Å². The number of halogens is 18. The fraction of sp³-hybridized carbons (Fsp3) is 0.500. The molecule has 2 aliphatic rings. The Labute approximate surface area is 608 Å². The minimum atomic E-state index is -5.17. The lowest BCUT2D eigenvalue weighted by Gasteiger charge is -2.20. The van der Waals surface area contributed by atoms with Gasteiger partial charge in [-0.25, -0.2) is 22.2 Å². The summed E-state index contributed by atoms with van der Waals surface area (Å²) in [5.41, 5.74) is 2.86. The summed E-state index contributed by atoms with van der Waals surface area (Å²) in [6, 6.07) is 20.5. The fourth-order valence-electron chi connectivity index (χ4n) is 8.00. The molecule has 3 heterocycles. The number of non-ortho nitro benzene ring substituents is 2. The predicted octanol–water partition coefficient (Wildman–Crippen LogP) is 23.2. The standard InChI is InChI=1S/C9H8F4.C9H9N3O.C8H5Cl5.2C8H9NO2.C6H9NO2.C6H11NO.C5H6F6.C4H7F3.5CH4/c1-3-5-6(10)4(2)7(11)9(13)8(5)12;1-2-12-9(13)7-5-3-4-6-8(7)10-11-12;1-2-3-4(9)6(11)8(13)7(12)5(3)10;1-2-7-3-5-8(6-4-7)9(10)11;1-2-7-4-3-5-8(6-7)9(10)11;1-2-7-5(8)3-4-6(7)9;1-2-7-5-3-4-6(7)8;1-2-3(4(6,7)8)5(9,10)11;1-2-3-4(5,6)7;;;;;/h3H2,1-2H3;3-6H,2H2,1H3;2H2,1H3;2*3-6H,2H2,1H3;2-4H2,1H3;2-5H2,1H3;3H,2H2,1H3;2-3H2,1H3;5*1H4. The van der Waals surface area contributed by atoms with Gasteiger partial charge >= 0.3 is 18.5 Å². The third-order valence-electron chi connectivity index (χ3n) is 13.4. The van der Waals surface area contributed by atoms with Crippen LogP contribution in [0.15, 0.2) is 77.6 Å². The molecule has 2 aliphatic heterocycles. The molecule has 0 saturated carbocycles. The van der Waals surface area contributed by atoms with Gasteiger partial charge in [0.2, 0.25) is 17.7 Å². The molecule has 0 spiro atoms. The Morgan fingerprint density at radius 2 is 1.00 bits per heavy atom. The molecule has 0 unspecified atom stereocenters. The SMILES string of the molecule is C.C.C.C.C.CCC(C(F)(F)F)C(F)(F)F.CCCC(F)(F)F.CCN1C(=O)CCC1=O.CCN1CCCC1=O.CCc1c(Cl)c(Cl)c(Cl)c(Cl)c1Cl.CCc1c(F)c(C)c(F)c(F)c1F.CCc1ccc([N+](=O)[O-])cc1.CCc1cccc([N+](=O)[O-])c1.CCn1nnc2ccccc2c1=O. The summed E-state index contributed by atoms with van der Waals surface area (Å²) in [6.07, 6.45) is -10.7. The maximum absolute atomic E-state index is 13.1. The second-order valence-electron chi connectivity index (χ2n) is 19.9. The number of nitro benzene ring substituents is 2. The number of fused-ring (bicyclic) bond motifs is 1. The molecule has 0 radical (unpaired) electrons. The number of imide groups is 1. The number of carbonyl (C=O) groups is 3. The lowest BCUT2D eigenvalue weighted by molar-refractivity contribution is -0.385. The van der Waals surface area contributed by atoms with E-state index in [4.69, 9.17) is 58.0 Å². The Bertz CT molecular complexity index is 3390. The minimum absolute atomic E-state index is 0.